The molecule has 0 saturated heterocycles. The van der Waals surface area contributed by atoms with E-state index in [9.17, 15) is 0 Å². The summed E-state index contributed by atoms with van der Waals surface area (Å²) in [7, 11) is 0. The third-order valence-electron chi connectivity index (χ3n) is 3.38. The maximum absolute atomic E-state index is 5.71. The Bertz CT molecular complexity index is 534. The predicted octanol–water partition coefficient (Wildman–Crippen LogP) is 3.94. The molecule has 94 valence electrons. The Morgan fingerprint density at radius 1 is 1.28 bits per heavy atom. The van der Waals surface area contributed by atoms with Gasteiger partial charge in [0.05, 0.1) is 5.75 Å². The van der Waals surface area contributed by atoms with Crippen LogP contribution >= 0.6 is 11.8 Å². The number of thioether (sulfide) groups is 1. The Kier molecular flexibility index (Phi) is 3.37. The van der Waals surface area contributed by atoms with Gasteiger partial charge >= 0.3 is 0 Å². The number of rotatable bonds is 4. The first-order chi connectivity index (χ1) is 8.83. The van der Waals surface area contributed by atoms with E-state index in [0.717, 1.165) is 17.5 Å². The molecule has 1 aromatic carbocycles. The van der Waals surface area contributed by atoms with Crippen LogP contribution in [-0.2, 0) is 5.75 Å². The highest BCUT2D eigenvalue weighted by molar-refractivity contribution is 7.98. The van der Waals surface area contributed by atoms with E-state index in [0.29, 0.717) is 5.92 Å². The fraction of sp³-hybridized carbons (Fsp3) is 0.429. The molecule has 0 aliphatic heterocycles. The molecule has 1 heterocycles. The minimum Gasteiger partial charge on any atom is -0.424 e. The Morgan fingerprint density at radius 2 is 2.11 bits per heavy atom. The lowest BCUT2D eigenvalue weighted by molar-refractivity contribution is 0.328. The maximum Gasteiger partial charge on any atom is 0.226 e. The van der Waals surface area contributed by atoms with Crippen molar-refractivity contribution in [1.82, 2.24) is 10.2 Å². The summed E-state index contributed by atoms with van der Waals surface area (Å²) in [6.07, 6.45) is 3.69. The second kappa shape index (κ2) is 5.14. The van der Waals surface area contributed by atoms with E-state index in [-0.39, 0.29) is 0 Å². The molecule has 0 bridgehead atoms. The zero-order valence-electron chi connectivity index (χ0n) is 10.4. The van der Waals surface area contributed by atoms with Gasteiger partial charge in [0.2, 0.25) is 11.8 Å². The SMILES string of the molecule is Cc1ccccc1SCc1nnc(C2CCC2)o1. The van der Waals surface area contributed by atoms with Gasteiger partial charge in [-0.3, -0.25) is 0 Å². The summed E-state index contributed by atoms with van der Waals surface area (Å²) in [4.78, 5) is 1.28. The van der Waals surface area contributed by atoms with Crippen molar-refractivity contribution < 1.29 is 4.42 Å². The number of aryl methyl sites for hydroxylation is 1. The summed E-state index contributed by atoms with van der Waals surface area (Å²) in [5, 5.41) is 8.27. The van der Waals surface area contributed by atoms with Crippen LogP contribution in [0.15, 0.2) is 33.6 Å². The summed E-state index contributed by atoms with van der Waals surface area (Å²) in [6.45, 7) is 2.12. The summed E-state index contributed by atoms with van der Waals surface area (Å²) >= 11 is 1.75. The highest BCUT2D eigenvalue weighted by Gasteiger charge is 2.25. The van der Waals surface area contributed by atoms with Gasteiger partial charge in [0.1, 0.15) is 0 Å². The Balaban J connectivity index is 1.63. The molecule has 3 rings (SSSR count). The molecule has 18 heavy (non-hydrogen) atoms. The van der Waals surface area contributed by atoms with E-state index in [1.165, 1.54) is 29.7 Å². The van der Waals surface area contributed by atoms with E-state index in [2.05, 4.69) is 41.4 Å². The zero-order valence-corrected chi connectivity index (χ0v) is 11.2. The van der Waals surface area contributed by atoms with Gasteiger partial charge in [-0.15, -0.1) is 22.0 Å². The molecule has 0 atom stereocenters. The van der Waals surface area contributed by atoms with Crippen molar-refractivity contribution in [3.05, 3.63) is 41.6 Å². The molecule has 0 radical (unpaired) electrons. The quantitative estimate of drug-likeness (QED) is 0.781. The van der Waals surface area contributed by atoms with Crippen LogP contribution in [0.5, 0.6) is 0 Å². The summed E-state index contributed by atoms with van der Waals surface area (Å²) in [5.41, 5.74) is 1.29. The molecule has 3 nitrogen and oxygen atoms in total. The van der Waals surface area contributed by atoms with Gasteiger partial charge in [-0.1, -0.05) is 24.6 Å². The monoisotopic (exact) mass is 260 g/mol. The molecular weight excluding hydrogens is 244 g/mol. The van der Waals surface area contributed by atoms with Crippen LogP contribution in [0.2, 0.25) is 0 Å². The lowest BCUT2D eigenvalue weighted by Gasteiger charge is -2.20. The minimum absolute atomic E-state index is 0.523. The van der Waals surface area contributed by atoms with Crippen molar-refractivity contribution in [2.75, 3.05) is 0 Å². The van der Waals surface area contributed by atoms with Gasteiger partial charge in [-0.05, 0) is 31.4 Å². The van der Waals surface area contributed by atoms with E-state index >= 15 is 0 Å². The van der Waals surface area contributed by atoms with Crippen molar-refractivity contribution in [3.63, 3.8) is 0 Å². The van der Waals surface area contributed by atoms with E-state index in [1.807, 2.05) is 0 Å². The molecule has 1 aliphatic rings. The largest absolute Gasteiger partial charge is 0.424 e. The maximum atomic E-state index is 5.71. The van der Waals surface area contributed by atoms with Crippen molar-refractivity contribution in [3.8, 4) is 0 Å². The van der Waals surface area contributed by atoms with Gasteiger partial charge in [0, 0.05) is 10.8 Å². The average Bonchev–Trinajstić information content (AvgIpc) is 2.74. The van der Waals surface area contributed by atoms with Crippen LogP contribution in [0.25, 0.3) is 0 Å². The van der Waals surface area contributed by atoms with E-state index in [4.69, 9.17) is 4.42 Å². The number of nitrogens with zero attached hydrogens (tertiary/aromatic N) is 2. The van der Waals surface area contributed by atoms with Gasteiger partial charge < -0.3 is 4.42 Å². The van der Waals surface area contributed by atoms with Crippen molar-refractivity contribution in [2.45, 2.75) is 42.8 Å². The van der Waals surface area contributed by atoms with E-state index in [1.54, 1.807) is 11.8 Å². The first-order valence-electron chi connectivity index (χ1n) is 6.33. The number of benzene rings is 1. The topological polar surface area (TPSA) is 38.9 Å². The lowest BCUT2D eigenvalue weighted by Crippen LogP contribution is -2.08. The molecule has 0 amide bonds. The summed E-state index contributed by atoms with van der Waals surface area (Å²) in [5.74, 6) is 2.85. The zero-order chi connectivity index (χ0) is 12.4. The summed E-state index contributed by atoms with van der Waals surface area (Å²) in [6, 6.07) is 8.36. The number of aromatic nitrogens is 2. The minimum atomic E-state index is 0.523. The lowest BCUT2D eigenvalue weighted by atomic mass is 9.85. The van der Waals surface area contributed by atoms with Gasteiger partial charge in [-0.25, -0.2) is 0 Å². The number of hydrogen-bond acceptors (Lipinski definition) is 4. The van der Waals surface area contributed by atoms with Crippen molar-refractivity contribution in [2.24, 2.45) is 0 Å². The highest BCUT2D eigenvalue weighted by Crippen LogP contribution is 2.36. The molecule has 0 unspecified atom stereocenters. The second-order valence-electron chi connectivity index (χ2n) is 4.72. The first-order valence-corrected chi connectivity index (χ1v) is 7.32. The Labute approximate surface area is 111 Å². The van der Waals surface area contributed by atoms with Crippen LogP contribution < -0.4 is 0 Å². The number of hydrogen-bond donors (Lipinski definition) is 0. The van der Waals surface area contributed by atoms with Gasteiger partial charge in [0.15, 0.2) is 0 Å². The van der Waals surface area contributed by atoms with Crippen LogP contribution in [-0.4, -0.2) is 10.2 Å². The molecule has 2 aromatic rings. The fourth-order valence-corrected chi connectivity index (χ4v) is 2.87. The van der Waals surface area contributed by atoms with Crippen LogP contribution in [0, 0.1) is 6.92 Å². The third-order valence-corrected chi connectivity index (χ3v) is 4.54. The van der Waals surface area contributed by atoms with Crippen LogP contribution in [0.4, 0.5) is 0 Å². The molecule has 1 aromatic heterocycles. The summed E-state index contributed by atoms with van der Waals surface area (Å²) < 4.78 is 5.71. The highest BCUT2D eigenvalue weighted by atomic mass is 32.2. The third kappa shape index (κ3) is 2.43. The second-order valence-corrected chi connectivity index (χ2v) is 5.73. The Hall–Kier alpha value is -1.29. The average molecular weight is 260 g/mol. The van der Waals surface area contributed by atoms with Gasteiger partial charge in [-0.2, -0.15) is 0 Å². The van der Waals surface area contributed by atoms with Crippen LogP contribution in [0.1, 0.15) is 42.5 Å². The normalized spacial score (nSPS) is 15.6. The molecule has 4 heteroatoms. The standard InChI is InChI=1S/C14H16N2OS/c1-10-5-2-3-8-12(10)18-9-13-15-16-14(17-13)11-6-4-7-11/h2-3,5,8,11H,4,6-7,9H2,1H3. The molecule has 1 saturated carbocycles. The van der Waals surface area contributed by atoms with Crippen molar-refractivity contribution >= 4 is 11.8 Å². The predicted molar refractivity (Wildman–Crippen MR) is 71.6 cm³/mol. The van der Waals surface area contributed by atoms with Crippen molar-refractivity contribution in [1.29, 1.82) is 0 Å². The molecule has 1 fully saturated rings. The molecular formula is C14H16N2OS. The van der Waals surface area contributed by atoms with Gasteiger partial charge in [0.25, 0.3) is 0 Å². The van der Waals surface area contributed by atoms with Crippen LogP contribution in [0.3, 0.4) is 0 Å². The molecule has 0 spiro atoms. The first kappa shape index (κ1) is 11.8. The van der Waals surface area contributed by atoms with E-state index < -0.39 is 0 Å². The Morgan fingerprint density at radius 3 is 2.83 bits per heavy atom. The molecule has 1 aliphatic carbocycles. The molecule has 0 N–H and O–H groups in total. The smallest absolute Gasteiger partial charge is 0.226 e. The fourth-order valence-electron chi connectivity index (χ4n) is 2.00.